The van der Waals surface area contributed by atoms with E-state index in [9.17, 15) is 9.90 Å². The smallest absolute Gasteiger partial charge is 0.164 e. The molecule has 1 N–H and O–H groups in total. The molecule has 1 aromatic rings. The molecule has 1 heterocycles. The van der Waals surface area contributed by atoms with Crippen LogP contribution in [-0.4, -0.2) is 41.5 Å². The van der Waals surface area contributed by atoms with E-state index in [0.717, 1.165) is 30.6 Å². The fourth-order valence-electron chi connectivity index (χ4n) is 2.24. The first-order chi connectivity index (χ1) is 8.15. The van der Waals surface area contributed by atoms with Gasteiger partial charge in [-0.25, -0.2) is 0 Å². The number of Topliss-reactive ketones (excluding diaryl/α,β-unsaturated/α-hetero) is 1. The van der Waals surface area contributed by atoms with Gasteiger partial charge in [0.05, 0.1) is 6.10 Å². The number of carbonyl (C=O) groups excluding carboxylic acids is 1. The Labute approximate surface area is 102 Å². The molecule has 17 heavy (non-hydrogen) atoms. The van der Waals surface area contributed by atoms with Crippen molar-refractivity contribution in [2.45, 2.75) is 25.9 Å². The second kappa shape index (κ2) is 5.43. The van der Waals surface area contributed by atoms with Gasteiger partial charge in [0.15, 0.2) is 5.78 Å². The molecular weight excluding hydrogens is 214 g/mol. The maximum absolute atomic E-state index is 11.9. The molecule has 0 saturated carbocycles. The van der Waals surface area contributed by atoms with Crippen LogP contribution in [0.15, 0.2) is 24.3 Å². The lowest BCUT2D eigenvalue weighted by Gasteiger charge is -2.13. The summed E-state index contributed by atoms with van der Waals surface area (Å²) in [5.41, 5.74) is 1.91. The van der Waals surface area contributed by atoms with Gasteiger partial charge in [-0.1, -0.05) is 23.8 Å². The van der Waals surface area contributed by atoms with Gasteiger partial charge in [-0.3, -0.25) is 4.79 Å². The third-order valence-electron chi connectivity index (χ3n) is 3.24. The Balaban J connectivity index is 1.85. The third-order valence-corrected chi connectivity index (χ3v) is 3.24. The summed E-state index contributed by atoms with van der Waals surface area (Å²) in [7, 11) is 0. The minimum absolute atomic E-state index is 0.190. The van der Waals surface area contributed by atoms with Gasteiger partial charge < -0.3 is 10.0 Å². The minimum Gasteiger partial charge on any atom is -0.392 e. The number of aliphatic hydroxyl groups is 1. The van der Waals surface area contributed by atoms with E-state index in [1.807, 2.05) is 31.2 Å². The number of likely N-dealkylation sites (tertiary alicyclic amines) is 1. The summed E-state index contributed by atoms with van der Waals surface area (Å²) in [6, 6.07) is 7.71. The molecule has 3 nitrogen and oxygen atoms in total. The van der Waals surface area contributed by atoms with Crippen LogP contribution in [-0.2, 0) is 0 Å². The highest BCUT2D eigenvalue weighted by atomic mass is 16.3. The van der Waals surface area contributed by atoms with Gasteiger partial charge in [0, 0.05) is 31.6 Å². The molecule has 1 saturated heterocycles. The second-order valence-corrected chi connectivity index (χ2v) is 4.79. The van der Waals surface area contributed by atoms with Crippen LogP contribution < -0.4 is 0 Å². The predicted molar refractivity (Wildman–Crippen MR) is 67.2 cm³/mol. The van der Waals surface area contributed by atoms with Gasteiger partial charge in [0.1, 0.15) is 0 Å². The highest BCUT2D eigenvalue weighted by Gasteiger charge is 2.20. The molecule has 0 bridgehead atoms. The first-order valence-electron chi connectivity index (χ1n) is 6.15. The number of nitrogens with zero attached hydrogens (tertiary/aromatic N) is 1. The quantitative estimate of drug-likeness (QED) is 0.804. The van der Waals surface area contributed by atoms with E-state index >= 15 is 0 Å². The normalized spacial score (nSPS) is 20.7. The first kappa shape index (κ1) is 12.3. The van der Waals surface area contributed by atoms with Crippen LogP contribution in [0.1, 0.15) is 28.8 Å². The first-order valence-corrected chi connectivity index (χ1v) is 6.15. The summed E-state index contributed by atoms with van der Waals surface area (Å²) in [6.07, 6.45) is 1.17. The molecule has 3 heteroatoms. The van der Waals surface area contributed by atoms with E-state index in [1.165, 1.54) is 0 Å². The third kappa shape index (κ3) is 3.38. The maximum Gasteiger partial charge on any atom is 0.164 e. The molecule has 92 valence electrons. The minimum atomic E-state index is -0.205. The number of carbonyl (C=O) groups is 1. The van der Waals surface area contributed by atoms with Gasteiger partial charge >= 0.3 is 0 Å². The van der Waals surface area contributed by atoms with Crippen molar-refractivity contribution < 1.29 is 9.90 Å². The Hall–Kier alpha value is -1.19. The Morgan fingerprint density at radius 1 is 1.53 bits per heavy atom. The van der Waals surface area contributed by atoms with Gasteiger partial charge in [0.2, 0.25) is 0 Å². The summed E-state index contributed by atoms with van der Waals surface area (Å²) < 4.78 is 0. The number of hydrogen-bond acceptors (Lipinski definition) is 3. The van der Waals surface area contributed by atoms with Crippen LogP contribution in [0.4, 0.5) is 0 Å². The summed E-state index contributed by atoms with van der Waals surface area (Å²) in [6.45, 7) is 4.36. The fourth-order valence-corrected chi connectivity index (χ4v) is 2.24. The number of hydrogen-bond donors (Lipinski definition) is 1. The average molecular weight is 233 g/mol. The molecule has 1 unspecified atom stereocenters. The van der Waals surface area contributed by atoms with Crippen molar-refractivity contribution in [2.75, 3.05) is 19.6 Å². The molecule has 1 fully saturated rings. The average Bonchev–Trinajstić information content (AvgIpc) is 2.72. The molecule has 0 aliphatic carbocycles. The van der Waals surface area contributed by atoms with E-state index in [0.29, 0.717) is 13.0 Å². The Kier molecular flexibility index (Phi) is 3.92. The lowest BCUT2D eigenvalue weighted by Crippen LogP contribution is -2.25. The Morgan fingerprint density at radius 3 is 3.00 bits per heavy atom. The Morgan fingerprint density at radius 2 is 2.35 bits per heavy atom. The lowest BCUT2D eigenvalue weighted by atomic mass is 10.1. The zero-order chi connectivity index (χ0) is 12.3. The topological polar surface area (TPSA) is 40.5 Å². The second-order valence-electron chi connectivity index (χ2n) is 4.79. The number of aryl methyl sites for hydroxylation is 1. The maximum atomic E-state index is 11.9. The van der Waals surface area contributed by atoms with Crippen molar-refractivity contribution in [2.24, 2.45) is 0 Å². The summed E-state index contributed by atoms with van der Waals surface area (Å²) in [5, 5.41) is 9.39. The van der Waals surface area contributed by atoms with E-state index in [-0.39, 0.29) is 11.9 Å². The molecular formula is C14H19NO2. The summed E-state index contributed by atoms with van der Waals surface area (Å²) >= 11 is 0. The van der Waals surface area contributed by atoms with E-state index < -0.39 is 0 Å². The zero-order valence-corrected chi connectivity index (χ0v) is 10.2. The van der Waals surface area contributed by atoms with Crippen molar-refractivity contribution in [3.05, 3.63) is 35.4 Å². The number of aliphatic hydroxyl groups excluding tert-OH is 1. The van der Waals surface area contributed by atoms with Crippen molar-refractivity contribution >= 4 is 5.78 Å². The number of β-amino-alcohol motifs (C(OH)–C–C–N with tert-alkyl or cyclic N) is 1. The number of benzene rings is 1. The van der Waals surface area contributed by atoms with Crippen LogP contribution in [0.5, 0.6) is 0 Å². The van der Waals surface area contributed by atoms with E-state index in [2.05, 4.69) is 4.90 Å². The SMILES string of the molecule is Cc1cccc(C(=O)CCN2CCC(O)C2)c1. The van der Waals surface area contributed by atoms with Crippen molar-refractivity contribution in [1.29, 1.82) is 0 Å². The van der Waals surface area contributed by atoms with Gasteiger partial charge in [-0.2, -0.15) is 0 Å². The molecule has 0 aromatic heterocycles. The van der Waals surface area contributed by atoms with Crippen LogP contribution in [0.3, 0.4) is 0 Å². The number of rotatable bonds is 4. The standard InChI is InChI=1S/C14H19NO2/c1-11-3-2-4-12(9-11)14(17)6-8-15-7-5-13(16)10-15/h2-4,9,13,16H,5-8,10H2,1H3. The molecule has 1 aromatic carbocycles. The predicted octanol–water partition coefficient (Wildman–Crippen LogP) is 1.63. The van der Waals surface area contributed by atoms with Crippen molar-refractivity contribution in [3.63, 3.8) is 0 Å². The molecule has 2 rings (SSSR count). The van der Waals surface area contributed by atoms with Crippen molar-refractivity contribution in [1.82, 2.24) is 4.90 Å². The highest BCUT2D eigenvalue weighted by Crippen LogP contribution is 2.11. The van der Waals surface area contributed by atoms with Crippen LogP contribution in [0, 0.1) is 6.92 Å². The van der Waals surface area contributed by atoms with Crippen LogP contribution in [0.25, 0.3) is 0 Å². The molecule has 1 aliphatic heterocycles. The largest absolute Gasteiger partial charge is 0.392 e. The van der Waals surface area contributed by atoms with Crippen LogP contribution in [0.2, 0.25) is 0 Å². The van der Waals surface area contributed by atoms with Gasteiger partial charge in [-0.15, -0.1) is 0 Å². The molecule has 1 aliphatic rings. The molecule has 0 amide bonds. The summed E-state index contributed by atoms with van der Waals surface area (Å²) in [5.74, 6) is 0.190. The van der Waals surface area contributed by atoms with E-state index in [4.69, 9.17) is 0 Å². The fraction of sp³-hybridized carbons (Fsp3) is 0.500. The van der Waals surface area contributed by atoms with E-state index in [1.54, 1.807) is 0 Å². The molecule has 0 radical (unpaired) electrons. The monoisotopic (exact) mass is 233 g/mol. The van der Waals surface area contributed by atoms with Gasteiger partial charge in [-0.05, 0) is 19.4 Å². The highest BCUT2D eigenvalue weighted by molar-refractivity contribution is 5.96. The Bertz CT molecular complexity index is 403. The van der Waals surface area contributed by atoms with Crippen molar-refractivity contribution in [3.8, 4) is 0 Å². The summed E-state index contributed by atoms with van der Waals surface area (Å²) in [4.78, 5) is 14.1. The zero-order valence-electron chi connectivity index (χ0n) is 10.2. The van der Waals surface area contributed by atoms with Crippen LogP contribution >= 0.6 is 0 Å². The van der Waals surface area contributed by atoms with Gasteiger partial charge in [0.25, 0.3) is 0 Å². The molecule has 0 spiro atoms. The lowest BCUT2D eigenvalue weighted by molar-refractivity contribution is 0.0964. The number of ketones is 1. The molecule has 1 atom stereocenters.